The van der Waals surface area contributed by atoms with Crippen molar-refractivity contribution >= 4 is 20.7 Å². The maximum absolute atomic E-state index is 13.6. The third-order valence-electron chi connectivity index (χ3n) is 3.89. The Bertz CT molecular complexity index is 1100. The molecular formula is C18H15F2NO3S. The highest BCUT2D eigenvalue weighted by molar-refractivity contribution is 7.91. The molecule has 0 atom stereocenters. The van der Waals surface area contributed by atoms with Crippen molar-refractivity contribution in [3.63, 3.8) is 0 Å². The molecule has 0 aliphatic carbocycles. The van der Waals surface area contributed by atoms with E-state index in [9.17, 15) is 22.0 Å². The Morgan fingerprint density at radius 3 is 2.28 bits per heavy atom. The molecule has 1 aromatic heterocycles. The second-order valence-corrected chi connectivity index (χ2v) is 7.55. The van der Waals surface area contributed by atoms with Crippen LogP contribution >= 0.6 is 0 Å². The Morgan fingerprint density at radius 2 is 1.64 bits per heavy atom. The van der Waals surface area contributed by atoms with E-state index in [2.05, 4.69) is 0 Å². The minimum Gasteiger partial charge on any atom is -0.346 e. The van der Waals surface area contributed by atoms with Gasteiger partial charge in [0.15, 0.2) is 0 Å². The summed E-state index contributed by atoms with van der Waals surface area (Å²) in [6.07, 6.45) is 1.97. The van der Waals surface area contributed by atoms with Crippen LogP contribution in [0.1, 0.15) is 13.3 Å². The van der Waals surface area contributed by atoms with Gasteiger partial charge in [-0.2, -0.15) is 0 Å². The number of benzene rings is 2. The van der Waals surface area contributed by atoms with E-state index in [1.165, 1.54) is 18.3 Å². The number of aryl methyl sites for hydroxylation is 1. The van der Waals surface area contributed by atoms with Gasteiger partial charge in [-0.05, 0) is 48.9 Å². The number of aromatic nitrogens is 1. The summed E-state index contributed by atoms with van der Waals surface area (Å²) in [5, 5.41) is -0.00311. The molecule has 4 nitrogen and oxygen atoms in total. The summed E-state index contributed by atoms with van der Waals surface area (Å²) < 4.78 is 53.9. The van der Waals surface area contributed by atoms with Crippen LogP contribution in [0.4, 0.5) is 8.78 Å². The predicted molar refractivity (Wildman–Crippen MR) is 90.3 cm³/mol. The van der Waals surface area contributed by atoms with Crippen LogP contribution in [0.15, 0.2) is 63.2 Å². The molecule has 0 spiro atoms. The van der Waals surface area contributed by atoms with Gasteiger partial charge in [0.1, 0.15) is 16.5 Å². The zero-order chi connectivity index (χ0) is 18.2. The van der Waals surface area contributed by atoms with E-state index >= 15 is 0 Å². The summed E-state index contributed by atoms with van der Waals surface area (Å²) in [7, 11) is -4.15. The lowest BCUT2D eigenvalue weighted by Gasteiger charge is -2.13. The number of halogens is 2. The van der Waals surface area contributed by atoms with E-state index in [1.807, 2.05) is 6.92 Å². The first kappa shape index (κ1) is 17.3. The number of hydrogen-bond acceptors (Lipinski definition) is 3. The van der Waals surface area contributed by atoms with E-state index in [0.717, 1.165) is 30.3 Å². The van der Waals surface area contributed by atoms with Crippen molar-refractivity contribution in [3.8, 4) is 0 Å². The standard InChI is InChI=1S/C18H15F2NO3S/c1-2-9-21-11-17(18(22)15-10-13(20)5-8-16(15)21)25(23,24)14-6-3-12(19)4-7-14/h3-8,10-11H,2,9H2,1H3. The maximum atomic E-state index is 13.6. The van der Waals surface area contributed by atoms with Crippen molar-refractivity contribution in [2.24, 2.45) is 0 Å². The van der Waals surface area contributed by atoms with Gasteiger partial charge in [0.2, 0.25) is 15.3 Å². The molecule has 0 unspecified atom stereocenters. The summed E-state index contributed by atoms with van der Waals surface area (Å²) in [6.45, 7) is 2.37. The minimum absolute atomic E-state index is 0.00311. The van der Waals surface area contributed by atoms with Gasteiger partial charge in [0.25, 0.3) is 0 Å². The van der Waals surface area contributed by atoms with Gasteiger partial charge in [-0.3, -0.25) is 4.79 Å². The summed E-state index contributed by atoms with van der Waals surface area (Å²) >= 11 is 0. The fourth-order valence-corrected chi connectivity index (χ4v) is 4.07. The highest BCUT2D eigenvalue weighted by Gasteiger charge is 2.24. The van der Waals surface area contributed by atoms with Crippen molar-refractivity contribution in [1.82, 2.24) is 4.57 Å². The Hall–Kier alpha value is -2.54. The molecule has 0 amide bonds. The fraction of sp³-hybridized carbons (Fsp3) is 0.167. The summed E-state index contributed by atoms with van der Waals surface area (Å²) in [4.78, 5) is 12.0. The smallest absolute Gasteiger partial charge is 0.211 e. The van der Waals surface area contributed by atoms with E-state index in [0.29, 0.717) is 18.5 Å². The third-order valence-corrected chi connectivity index (χ3v) is 5.65. The number of fused-ring (bicyclic) bond motifs is 1. The van der Waals surface area contributed by atoms with E-state index in [1.54, 1.807) is 4.57 Å². The Labute approximate surface area is 143 Å². The topological polar surface area (TPSA) is 56.1 Å². The SMILES string of the molecule is CCCn1cc(S(=O)(=O)c2ccc(F)cc2)c(=O)c2cc(F)ccc21. The number of sulfone groups is 1. The lowest BCUT2D eigenvalue weighted by atomic mass is 10.2. The van der Waals surface area contributed by atoms with Gasteiger partial charge in [-0.25, -0.2) is 17.2 Å². The molecule has 0 aliphatic heterocycles. The quantitative estimate of drug-likeness (QED) is 0.667. The lowest BCUT2D eigenvalue weighted by Crippen LogP contribution is -2.19. The van der Waals surface area contributed by atoms with Crippen LogP contribution in [-0.4, -0.2) is 13.0 Å². The van der Waals surface area contributed by atoms with Crippen LogP contribution in [0.5, 0.6) is 0 Å². The molecule has 3 aromatic rings. The molecule has 0 fully saturated rings. The molecule has 1 heterocycles. The average molecular weight is 363 g/mol. The number of hydrogen-bond donors (Lipinski definition) is 0. The Kier molecular flexibility index (Phi) is 4.43. The number of rotatable bonds is 4. The van der Waals surface area contributed by atoms with Gasteiger partial charge in [-0.1, -0.05) is 6.92 Å². The molecule has 7 heteroatoms. The highest BCUT2D eigenvalue weighted by Crippen LogP contribution is 2.22. The van der Waals surface area contributed by atoms with Crippen molar-refractivity contribution in [2.45, 2.75) is 29.7 Å². The molecule has 0 aliphatic rings. The summed E-state index contributed by atoms with van der Waals surface area (Å²) in [6, 6.07) is 7.94. The molecule has 3 rings (SSSR count). The normalized spacial score (nSPS) is 11.8. The minimum atomic E-state index is -4.15. The van der Waals surface area contributed by atoms with E-state index < -0.39 is 31.8 Å². The van der Waals surface area contributed by atoms with Crippen LogP contribution in [0, 0.1) is 11.6 Å². The third kappa shape index (κ3) is 3.07. The van der Waals surface area contributed by atoms with Gasteiger partial charge in [0, 0.05) is 18.1 Å². The Morgan fingerprint density at radius 1 is 1.00 bits per heavy atom. The number of nitrogens with zero attached hydrogens (tertiary/aromatic N) is 1. The lowest BCUT2D eigenvalue weighted by molar-refractivity contribution is 0.591. The van der Waals surface area contributed by atoms with Gasteiger partial charge < -0.3 is 4.57 Å². The fourth-order valence-electron chi connectivity index (χ4n) is 2.70. The predicted octanol–water partition coefficient (Wildman–Crippen LogP) is 3.52. The highest BCUT2D eigenvalue weighted by atomic mass is 32.2. The molecule has 0 radical (unpaired) electrons. The van der Waals surface area contributed by atoms with E-state index in [-0.39, 0.29) is 10.3 Å². The molecule has 0 saturated carbocycles. The summed E-state index contributed by atoms with van der Waals surface area (Å²) in [5.41, 5.74) is -0.308. The van der Waals surface area contributed by atoms with Crippen LogP contribution in [-0.2, 0) is 16.4 Å². The van der Waals surface area contributed by atoms with Crippen LogP contribution in [0.25, 0.3) is 10.9 Å². The monoisotopic (exact) mass is 363 g/mol. The molecule has 0 saturated heterocycles. The molecule has 0 bridgehead atoms. The molecule has 130 valence electrons. The largest absolute Gasteiger partial charge is 0.346 e. The van der Waals surface area contributed by atoms with Crippen LogP contribution in [0.3, 0.4) is 0 Å². The van der Waals surface area contributed by atoms with Crippen LogP contribution in [0.2, 0.25) is 0 Å². The second kappa shape index (κ2) is 6.40. The summed E-state index contributed by atoms with van der Waals surface area (Å²) in [5.74, 6) is -1.20. The van der Waals surface area contributed by atoms with Gasteiger partial charge in [0.05, 0.1) is 10.4 Å². The first-order chi connectivity index (χ1) is 11.8. The first-order valence-corrected chi connectivity index (χ1v) is 9.16. The molecule has 25 heavy (non-hydrogen) atoms. The molecule has 2 aromatic carbocycles. The Balaban J connectivity index is 2.34. The number of pyridine rings is 1. The second-order valence-electron chi connectivity index (χ2n) is 5.63. The zero-order valence-electron chi connectivity index (χ0n) is 13.4. The molecule has 0 N–H and O–H groups in total. The van der Waals surface area contributed by atoms with E-state index in [4.69, 9.17) is 0 Å². The zero-order valence-corrected chi connectivity index (χ0v) is 14.2. The van der Waals surface area contributed by atoms with Gasteiger partial charge >= 0.3 is 0 Å². The van der Waals surface area contributed by atoms with Crippen molar-refractivity contribution in [2.75, 3.05) is 0 Å². The van der Waals surface area contributed by atoms with Crippen molar-refractivity contribution in [1.29, 1.82) is 0 Å². The first-order valence-electron chi connectivity index (χ1n) is 7.68. The van der Waals surface area contributed by atoms with Gasteiger partial charge in [-0.15, -0.1) is 0 Å². The molecular weight excluding hydrogens is 348 g/mol. The van der Waals surface area contributed by atoms with Crippen molar-refractivity contribution in [3.05, 3.63) is 70.5 Å². The van der Waals surface area contributed by atoms with Crippen molar-refractivity contribution < 1.29 is 17.2 Å². The average Bonchev–Trinajstić information content (AvgIpc) is 2.58. The maximum Gasteiger partial charge on any atom is 0.211 e. The van der Waals surface area contributed by atoms with Crippen LogP contribution < -0.4 is 5.43 Å².